The Bertz CT molecular complexity index is 305. The third kappa shape index (κ3) is 1.86. The van der Waals surface area contributed by atoms with E-state index in [4.69, 9.17) is 17.0 Å². The first-order valence-corrected chi connectivity index (χ1v) is 4.37. The number of aryl methyl sites for hydroxylation is 1. The molecule has 1 rings (SSSR count). The van der Waals surface area contributed by atoms with Crippen molar-refractivity contribution in [1.82, 2.24) is 0 Å². The van der Waals surface area contributed by atoms with Crippen molar-refractivity contribution in [3.8, 4) is 0 Å². The summed E-state index contributed by atoms with van der Waals surface area (Å²) in [4.78, 5) is 0. The van der Waals surface area contributed by atoms with E-state index in [-0.39, 0.29) is 0 Å². The monoisotopic (exact) mass is 181 g/mol. The van der Waals surface area contributed by atoms with Gasteiger partial charge in [0.05, 0.1) is 0 Å². The minimum absolute atomic E-state index is 0.516. The zero-order valence-electron chi connectivity index (χ0n) is 7.32. The zero-order chi connectivity index (χ0) is 9.14. The third-order valence-electron chi connectivity index (χ3n) is 1.85. The second kappa shape index (κ2) is 3.72. The normalized spacial score (nSPS) is 9.92. The maximum absolute atomic E-state index is 7.42. The molecule has 0 aliphatic carbocycles. The predicted octanol–water partition coefficient (Wildman–Crippen LogP) is 3.29. The van der Waals surface area contributed by atoms with Crippen LogP contribution in [0.25, 0.3) is 0 Å². The van der Waals surface area contributed by atoms with Gasteiger partial charge in [0, 0.05) is 16.3 Å². The van der Waals surface area contributed by atoms with E-state index < -0.39 is 0 Å². The van der Waals surface area contributed by atoms with Gasteiger partial charge < -0.3 is 5.41 Å². The number of hydrogen-bond acceptors (Lipinski definition) is 1. The lowest BCUT2D eigenvalue weighted by Crippen LogP contribution is -1.94. The Balaban J connectivity index is 3.12. The van der Waals surface area contributed by atoms with E-state index in [1.807, 2.05) is 18.2 Å². The topological polar surface area (TPSA) is 23.9 Å². The fourth-order valence-electron chi connectivity index (χ4n) is 1.08. The van der Waals surface area contributed by atoms with Gasteiger partial charge in [0.15, 0.2) is 0 Å². The molecule has 0 heterocycles. The number of nitrogens with one attached hydrogen (secondary N) is 1. The Morgan fingerprint density at radius 3 is 2.58 bits per heavy atom. The van der Waals surface area contributed by atoms with Crippen LogP contribution in [-0.2, 0) is 6.42 Å². The molecule has 1 aromatic carbocycles. The SMILES string of the molecule is CCc1ccc(C(C)=N)c(Cl)c1. The number of hydrogen-bond donors (Lipinski definition) is 1. The summed E-state index contributed by atoms with van der Waals surface area (Å²) in [5, 5.41) is 8.10. The van der Waals surface area contributed by atoms with Gasteiger partial charge in [-0.15, -0.1) is 0 Å². The highest BCUT2D eigenvalue weighted by atomic mass is 35.5. The Hall–Kier alpha value is -0.820. The summed E-state index contributed by atoms with van der Waals surface area (Å²) in [6.45, 7) is 3.83. The van der Waals surface area contributed by atoms with Gasteiger partial charge >= 0.3 is 0 Å². The molecule has 0 aliphatic rings. The smallest absolute Gasteiger partial charge is 0.0499 e. The van der Waals surface area contributed by atoms with Crippen molar-refractivity contribution in [1.29, 1.82) is 5.41 Å². The van der Waals surface area contributed by atoms with Gasteiger partial charge in [-0.25, -0.2) is 0 Å². The molecule has 12 heavy (non-hydrogen) atoms. The van der Waals surface area contributed by atoms with Crippen LogP contribution in [0.1, 0.15) is 25.0 Å². The van der Waals surface area contributed by atoms with Crippen LogP contribution in [0.3, 0.4) is 0 Å². The van der Waals surface area contributed by atoms with E-state index >= 15 is 0 Å². The van der Waals surface area contributed by atoms with Gasteiger partial charge in [-0.05, 0) is 25.0 Å². The van der Waals surface area contributed by atoms with Crippen molar-refractivity contribution in [3.63, 3.8) is 0 Å². The molecule has 2 heteroatoms. The van der Waals surface area contributed by atoms with Gasteiger partial charge in [-0.1, -0.05) is 30.7 Å². The van der Waals surface area contributed by atoms with E-state index in [9.17, 15) is 0 Å². The van der Waals surface area contributed by atoms with E-state index in [0.717, 1.165) is 12.0 Å². The molecule has 0 unspecified atom stereocenters. The first-order valence-electron chi connectivity index (χ1n) is 3.99. The van der Waals surface area contributed by atoms with Crippen molar-refractivity contribution >= 4 is 17.3 Å². The fourth-order valence-corrected chi connectivity index (χ4v) is 1.43. The molecule has 0 aromatic heterocycles. The van der Waals surface area contributed by atoms with E-state index in [1.54, 1.807) is 6.92 Å². The van der Waals surface area contributed by atoms with Crippen LogP contribution >= 0.6 is 11.6 Å². The molecule has 1 N–H and O–H groups in total. The van der Waals surface area contributed by atoms with Crippen molar-refractivity contribution in [2.24, 2.45) is 0 Å². The molecule has 0 amide bonds. The maximum atomic E-state index is 7.42. The minimum Gasteiger partial charge on any atom is -0.305 e. The number of benzene rings is 1. The van der Waals surface area contributed by atoms with E-state index in [0.29, 0.717) is 10.7 Å². The largest absolute Gasteiger partial charge is 0.305 e. The molecule has 1 nitrogen and oxygen atoms in total. The molecule has 0 saturated carbocycles. The molecule has 0 fully saturated rings. The van der Waals surface area contributed by atoms with Crippen LogP contribution in [0.5, 0.6) is 0 Å². The van der Waals surface area contributed by atoms with Gasteiger partial charge in [-0.3, -0.25) is 0 Å². The Kier molecular flexibility index (Phi) is 2.88. The Morgan fingerprint density at radius 2 is 2.17 bits per heavy atom. The molecule has 1 aromatic rings. The summed E-state index contributed by atoms with van der Waals surface area (Å²) in [5.74, 6) is 0. The first kappa shape index (κ1) is 9.27. The number of rotatable bonds is 2. The van der Waals surface area contributed by atoms with Crippen LogP contribution in [0.2, 0.25) is 5.02 Å². The third-order valence-corrected chi connectivity index (χ3v) is 2.16. The van der Waals surface area contributed by atoms with Crippen LogP contribution in [-0.4, -0.2) is 5.71 Å². The van der Waals surface area contributed by atoms with Crippen molar-refractivity contribution in [2.45, 2.75) is 20.3 Å². The molecule has 0 radical (unpaired) electrons. The van der Waals surface area contributed by atoms with E-state index in [2.05, 4.69) is 6.92 Å². The van der Waals surface area contributed by atoms with Crippen molar-refractivity contribution < 1.29 is 0 Å². The highest BCUT2D eigenvalue weighted by Gasteiger charge is 2.01. The molecular formula is C10H12ClN. The standard InChI is InChI=1S/C10H12ClN/c1-3-8-4-5-9(7(2)12)10(11)6-8/h4-6,12H,3H2,1-2H3. The summed E-state index contributed by atoms with van der Waals surface area (Å²) < 4.78 is 0. The first-order chi connectivity index (χ1) is 5.65. The molecule has 0 atom stereocenters. The lowest BCUT2D eigenvalue weighted by molar-refractivity contribution is 1.14. The van der Waals surface area contributed by atoms with Crippen LogP contribution in [0.15, 0.2) is 18.2 Å². The summed E-state index contributed by atoms with van der Waals surface area (Å²) in [7, 11) is 0. The van der Waals surface area contributed by atoms with Gasteiger partial charge in [0.1, 0.15) is 0 Å². The molecule has 0 aliphatic heterocycles. The highest BCUT2D eigenvalue weighted by molar-refractivity contribution is 6.34. The van der Waals surface area contributed by atoms with E-state index in [1.165, 1.54) is 5.56 Å². The molecule has 0 bridgehead atoms. The predicted molar refractivity (Wildman–Crippen MR) is 53.3 cm³/mol. The molecule has 0 spiro atoms. The molecular weight excluding hydrogens is 170 g/mol. The maximum Gasteiger partial charge on any atom is 0.0499 e. The summed E-state index contributed by atoms with van der Waals surface area (Å²) in [6, 6.07) is 5.84. The van der Waals surface area contributed by atoms with Crippen molar-refractivity contribution in [3.05, 3.63) is 34.3 Å². The zero-order valence-corrected chi connectivity index (χ0v) is 8.07. The number of halogens is 1. The quantitative estimate of drug-likeness (QED) is 0.678. The summed E-state index contributed by atoms with van der Waals surface area (Å²) in [6.07, 6.45) is 0.983. The van der Waals surface area contributed by atoms with Gasteiger partial charge in [0.25, 0.3) is 0 Å². The lowest BCUT2D eigenvalue weighted by Gasteiger charge is -2.03. The molecule has 0 saturated heterocycles. The Labute approximate surface area is 77.9 Å². The van der Waals surface area contributed by atoms with Gasteiger partial charge in [0.2, 0.25) is 0 Å². The average molecular weight is 182 g/mol. The average Bonchev–Trinajstić information content (AvgIpc) is 2.03. The summed E-state index contributed by atoms with van der Waals surface area (Å²) >= 11 is 5.96. The second-order valence-corrected chi connectivity index (χ2v) is 3.20. The Morgan fingerprint density at radius 1 is 1.50 bits per heavy atom. The highest BCUT2D eigenvalue weighted by Crippen LogP contribution is 2.18. The van der Waals surface area contributed by atoms with Crippen LogP contribution in [0.4, 0.5) is 0 Å². The minimum atomic E-state index is 0.516. The fraction of sp³-hybridized carbons (Fsp3) is 0.300. The second-order valence-electron chi connectivity index (χ2n) is 2.79. The van der Waals surface area contributed by atoms with Crippen LogP contribution in [0, 0.1) is 5.41 Å². The summed E-state index contributed by atoms with van der Waals surface area (Å²) in [5.41, 5.74) is 2.56. The van der Waals surface area contributed by atoms with Crippen molar-refractivity contribution in [2.75, 3.05) is 0 Å². The lowest BCUT2D eigenvalue weighted by atomic mass is 10.1. The van der Waals surface area contributed by atoms with Crippen LogP contribution < -0.4 is 0 Å². The van der Waals surface area contributed by atoms with Gasteiger partial charge in [-0.2, -0.15) is 0 Å². The molecule has 64 valence electrons.